The fourth-order valence-corrected chi connectivity index (χ4v) is 2.55. The largest absolute Gasteiger partial charge is 0.450 e. The number of hydrogen-bond acceptors (Lipinski definition) is 2. The molecule has 3 nitrogen and oxygen atoms in total. The van der Waals surface area contributed by atoms with E-state index in [9.17, 15) is 4.79 Å². The van der Waals surface area contributed by atoms with Crippen LogP contribution in [-0.2, 0) is 4.74 Å². The molecule has 1 heterocycles. The second-order valence-corrected chi connectivity index (χ2v) is 4.09. The van der Waals surface area contributed by atoms with Crippen molar-refractivity contribution in [2.75, 3.05) is 13.2 Å². The summed E-state index contributed by atoms with van der Waals surface area (Å²) in [5, 5.41) is 0. The van der Waals surface area contributed by atoms with Crippen LogP contribution in [0.4, 0.5) is 4.79 Å². The first-order valence-electron chi connectivity index (χ1n) is 5.17. The molecular formula is C10H17NO2. The molecule has 13 heavy (non-hydrogen) atoms. The number of ether oxygens (including phenoxy) is 1. The van der Waals surface area contributed by atoms with Gasteiger partial charge in [-0.2, -0.15) is 0 Å². The Hall–Kier alpha value is -0.730. The van der Waals surface area contributed by atoms with Crippen molar-refractivity contribution in [2.24, 2.45) is 11.8 Å². The SMILES string of the molecule is CCOC(=O)N1C[C@H]2CC[C@H]2[C@@H]1C. The first-order chi connectivity index (χ1) is 6.24. The molecule has 1 amide bonds. The lowest BCUT2D eigenvalue weighted by Crippen LogP contribution is -2.36. The lowest BCUT2D eigenvalue weighted by atomic mass is 9.73. The maximum Gasteiger partial charge on any atom is 0.410 e. The monoisotopic (exact) mass is 183 g/mol. The van der Waals surface area contributed by atoms with Crippen molar-refractivity contribution in [1.82, 2.24) is 4.90 Å². The molecule has 0 aromatic heterocycles. The lowest BCUT2D eigenvalue weighted by Gasteiger charge is -2.31. The van der Waals surface area contributed by atoms with E-state index < -0.39 is 0 Å². The van der Waals surface area contributed by atoms with E-state index in [-0.39, 0.29) is 6.09 Å². The van der Waals surface area contributed by atoms with Crippen LogP contribution in [0, 0.1) is 11.8 Å². The predicted octanol–water partition coefficient (Wildman–Crippen LogP) is 1.87. The van der Waals surface area contributed by atoms with E-state index >= 15 is 0 Å². The van der Waals surface area contributed by atoms with Gasteiger partial charge in [0.2, 0.25) is 0 Å². The van der Waals surface area contributed by atoms with Gasteiger partial charge in [0, 0.05) is 12.6 Å². The highest BCUT2D eigenvalue weighted by molar-refractivity contribution is 5.68. The summed E-state index contributed by atoms with van der Waals surface area (Å²) in [6.07, 6.45) is 2.47. The zero-order valence-corrected chi connectivity index (χ0v) is 8.32. The van der Waals surface area contributed by atoms with Gasteiger partial charge in [-0.15, -0.1) is 0 Å². The van der Waals surface area contributed by atoms with E-state index in [0.717, 1.165) is 18.4 Å². The maximum absolute atomic E-state index is 11.5. The van der Waals surface area contributed by atoms with Crippen molar-refractivity contribution in [3.05, 3.63) is 0 Å². The molecule has 0 unspecified atom stereocenters. The van der Waals surface area contributed by atoms with Gasteiger partial charge in [0.05, 0.1) is 6.61 Å². The molecule has 3 heteroatoms. The third kappa shape index (κ3) is 1.30. The third-order valence-electron chi connectivity index (χ3n) is 3.52. The van der Waals surface area contributed by atoms with Gasteiger partial charge < -0.3 is 9.64 Å². The first kappa shape index (κ1) is 8.85. The maximum atomic E-state index is 11.5. The topological polar surface area (TPSA) is 29.5 Å². The van der Waals surface area contributed by atoms with Gasteiger partial charge in [-0.05, 0) is 38.5 Å². The number of carbonyl (C=O) groups is 1. The molecule has 1 saturated heterocycles. The lowest BCUT2D eigenvalue weighted by molar-refractivity contribution is 0.102. The Morgan fingerprint density at radius 3 is 2.69 bits per heavy atom. The van der Waals surface area contributed by atoms with Gasteiger partial charge in [-0.25, -0.2) is 4.79 Å². The van der Waals surface area contributed by atoms with Crippen molar-refractivity contribution < 1.29 is 9.53 Å². The third-order valence-corrected chi connectivity index (χ3v) is 3.52. The van der Waals surface area contributed by atoms with E-state index in [2.05, 4.69) is 6.92 Å². The number of hydrogen-bond donors (Lipinski definition) is 0. The molecule has 0 radical (unpaired) electrons. The van der Waals surface area contributed by atoms with E-state index in [4.69, 9.17) is 4.74 Å². The molecule has 0 aromatic carbocycles. The van der Waals surface area contributed by atoms with Gasteiger partial charge in [0.1, 0.15) is 0 Å². The molecule has 0 N–H and O–H groups in total. The second kappa shape index (κ2) is 3.20. The Kier molecular flexibility index (Phi) is 2.18. The first-order valence-corrected chi connectivity index (χ1v) is 5.17. The number of nitrogens with zero attached hydrogens (tertiary/aromatic N) is 1. The number of fused-ring (bicyclic) bond motifs is 1. The Bertz CT molecular complexity index is 217. The van der Waals surface area contributed by atoms with Crippen molar-refractivity contribution >= 4 is 6.09 Å². The Balaban J connectivity index is 1.96. The fourth-order valence-electron chi connectivity index (χ4n) is 2.55. The average Bonchev–Trinajstić information content (AvgIpc) is 2.23. The van der Waals surface area contributed by atoms with Crippen LogP contribution >= 0.6 is 0 Å². The van der Waals surface area contributed by atoms with Crippen LogP contribution < -0.4 is 0 Å². The molecule has 74 valence electrons. The van der Waals surface area contributed by atoms with Gasteiger partial charge >= 0.3 is 6.09 Å². The van der Waals surface area contributed by atoms with E-state index in [0.29, 0.717) is 12.6 Å². The molecule has 3 atom stereocenters. The molecule has 0 bridgehead atoms. The molecule has 0 aromatic rings. The number of carbonyl (C=O) groups excluding carboxylic acids is 1. The van der Waals surface area contributed by atoms with E-state index in [1.54, 1.807) is 0 Å². The molecule has 2 aliphatic rings. The highest BCUT2D eigenvalue weighted by Crippen LogP contribution is 2.44. The summed E-state index contributed by atoms with van der Waals surface area (Å²) in [6, 6.07) is 0.401. The highest BCUT2D eigenvalue weighted by Gasteiger charge is 2.46. The van der Waals surface area contributed by atoms with Gasteiger partial charge in [0.15, 0.2) is 0 Å². The minimum absolute atomic E-state index is 0.121. The van der Waals surface area contributed by atoms with Crippen LogP contribution in [-0.4, -0.2) is 30.2 Å². The van der Waals surface area contributed by atoms with Crippen molar-refractivity contribution in [3.8, 4) is 0 Å². The van der Waals surface area contributed by atoms with E-state index in [1.807, 2.05) is 11.8 Å². The van der Waals surface area contributed by atoms with E-state index in [1.165, 1.54) is 12.8 Å². The zero-order chi connectivity index (χ0) is 9.42. The summed E-state index contributed by atoms with van der Waals surface area (Å²) >= 11 is 0. The van der Waals surface area contributed by atoms with Crippen molar-refractivity contribution in [3.63, 3.8) is 0 Å². The second-order valence-electron chi connectivity index (χ2n) is 4.09. The smallest absolute Gasteiger partial charge is 0.410 e. The molecular weight excluding hydrogens is 166 g/mol. The van der Waals surface area contributed by atoms with Crippen LogP contribution in [0.3, 0.4) is 0 Å². The van der Waals surface area contributed by atoms with Crippen molar-refractivity contribution in [2.45, 2.75) is 32.7 Å². The predicted molar refractivity (Wildman–Crippen MR) is 49.4 cm³/mol. The minimum atomic E-state index is -0.121. The summed E-state index contributed by atoms with van der Waals surface area (Å²) in [7, 11) is 0. The normalized spacial score (nSPS) is 36.8. The average molecular weight is 183 g/mol. The highest BCUT2D eigenvalue weighted by atomic mass is 16.6. The molecule has 1 aliphatic carbocycles. The summed E-state index contributed by atoms with van der Waals surface area (Å²) < 4.78 is 5.01. The fraction of sp³-hybridized carbons (Fsp3) is 0.900. The van der Waals surface area contributed by atoms with Crippen LogP contribution in [0.5, 0.6) is 0 Å². The summed E-state index contributed by atoms with van der Waals surface area (Å²) in [4.78, 5) is 13.4. The van der Waals surface area contributed by atoms with Crippen LogP contribution in [0.15, 0.2) is 0 Å². The molecule has 1 aliphatic heterocycles. The van der Waals surface area contributed by atoms with Crippen molar-refractivity contribution in [1.29, 1.82) is 0 Å². The van der Waals surface area contributed by atoms with Gasteiger partial charge in [0.25, 0.3) is 0 Å². The summed E-state index contributed by atoms with van der Waals surface area (Å²) in [5.41, 5.74) is 0. The Labute approximate surface area is 79.0 Å². The molecule has 1 saturated carbocycles. The standard InChI is InChI=1S/C10H17NO2/c1-3-13-10(12)11-6-8-4-5-9(8)7(11)2/h7-9H,3-6H2,1-2H3/t7-,8+,9-/m0/s1. The molecule has 0 spiro atoms. The molecule has 2 fully saturated rings. The number of likely N-dealkylation sites (tertiary alicyclic amines) is 1. The zero-order valence-electron chi connectivity index (χ0n) is 8.32. The van der Waals surface area contributed by atoms with Gasteiger partial charge in [-0.3, -0.25) is 0 Å². The van der Waals surface area contributed by atoms with Crippen LogP contribution in [0.1, 0.15) is 26.7 Å². The number of amides is 1. The summed E-state index contributed by atoms with van der Waals surface area (Å²) in [5.74, 6) is 1.52. The summed E-state index contributed by atoms with van der Waals surface area (Å²) in [6.45, 7) is 5.40. The van der Waals surface area contributed by atoms with Crippen LogP contribution in [0.2, 0.25) is 0 Å². The Morgan fingerprint density at radius 2 is 2.31 bits per heavy atom. The Morgan fingerprint density at radius 1 is 1.54 bits per heavy atom. The number of rotatable bonds is 1. The quantitative estimate of drug-likeness (QED) is 0.621. The minimum Gasteiger partial charge on any atom is -0.450 e. The van der Waals surface area contributed by atoms with Crippen LogP contribution in [0.25, 0.3) is 0 Å². The van der Waals surface area contributed by atoms with Gasteiger partial charge in [-0.1, -0.05) is 0 Å². The molecule has 2 rings (SSSR count).